The van der Waals surface area contributed by atoms with Crippen LogP contribution in [0.15, 0.2) is 59.5 Å². The molecule has 7 heteroatoms. The number of urea groups is 1. The summed E-state index contributed by atoms with van der Waals surface area (Å²) in [6.45, 7) is 3.34. The second-order valence-corrected chi connectivity index (χ2v) is 8.06. The molecule has 0 saturated carbocycles. The lowest BCUT2D eigenvalue weighted by molar-refractivity contribution is -0.133. The van der Waals surface area contributed by atoms with Gasteiger partial charge in [0.15, 0.2) is 0 Å². The van der Waals surface area contributed by atoms with E-state index < -0.39 is 0 Å². The predicted octanol–water partition coefficient (Wildman–Crippen LogP) is 3.22. The van der Waals surface area contributed by atoms with Crippen molar-refractivity contribution in [2.24, 2.45) is 0 Å². The van der Waals surface area contributed by atoms with Gasteiger partial charge in [-0.05, 0) is 43.1 Å². The van der Waals surface area contributed by atoms with E-state index in [2.05, 4.69) is 35.8 Å². The number of hydrogen-bond acceptors (Lipinski definition) is 4. The van der Waals surface area contributed by atoms with Crippen molar-refractivity contribution in [3.05, 3.63) is 60.2 Å². The maximum absolute atomic E-state index is 12.6. The van der Waals surface area contributed by atoms with Gasteiger partial charge in [-0.15, -0.1) is 11.8 Å². The summed E-state index contributed by atoms with van der Waals surface area (Å²) >= 11 is 1.72. The van der Waals surface area contributed by atoms with E-state index in [-0.39, 0.29) is 11.9 Å². The summed E-state index contributed by atoms with van der Waals surface area (Å²) in [4.78, 5) is 31.9. The van der Waals surface area contributed by atoms with Crippen molar-refractivity contribution in [1.82, 2.24) is 14.7 Å². The van der Waals surface area contributed by atoms with Crippen LogP contribution in [0.4, 0.5) is 10.5 Å². The van der Waals surface area contributed by atoms with E-state index in [0.717, 1.165) is 12.2 Å². The Morgan fingerprint density at radius 2 is 1.59 bits per heavy atom. The van der Waals surface area contributed by atoms with Crippen molar-refractivity contribution in [1.29, 1.82) is 0 Å². The van der Waals surface area contributed by atoms with Gasteiger partial charge >= 0.3 is 6.03 Å². The number of nitrogens with zero attached hydrogens (tertiary/aromatic N) is 3. The van der Waals surface area contributed by atoms with Crippen LogP contribution in [0.2, 0.25) is 0 Å². The molecule has 0 aromatic heterocycles. The second-order valence-electron chi connectivity index (χ2n) is 7.18. The molecule has 29 heavy (non-hydrogen) atoms. The van der Waals surface area contributed by atoms with Crippen LogP contribution in [-0.4, -0.2) is 72.7 Å². The molecule has 1 aliphatic rings. The Balaban J connectivity index is 1.42. The average molecular weight is 413 g/mol. The molecule has 1 saturated heterocycles. The molecule has 0 spiro atoms. The number of benzene rings is 2. The molecule has 1 fully saturated rings. The predicted molar refractivity (Wildman–Crippen MR) is 118 cm³/mol. The molecule has 3 amide bonds. The Morgan fingerprint density at radius 1 is 0.966 bits per heavy atom. The first kappa shape index (κ1) is 21.2. The number of para-hydroxylation sites is 1. The van der Waals surface area contributed by atoms with Gasteiger partial charge in [0.05, 0.1) is 6.54 Å². The summed E-state index contributed by atoms with van der Waals surface area (Å²) in [6.07, 6.45) is 2.06. The first-order valence-corrected chi connectivity index (χ1v) is 11.0. The van der Waals surface area contributed by atoms with Gasteiger partial charge in [0.2, 0.25) is 5.91 Å². The Hall–Kier alpha value is -2.51. The molecule has 0 unspecified atom stereocenters. The lowest BCUT2D eigenvalue weighted by atomic mass is 10.2. The Bertz CT molecular complexity index is 805. The van der Waals surface area contributed by atoms with Crippen molar-refractivity contribution >= 4 is 29.4 Å². The van der Waals surface area contributed by atoms with Crippen LogP contribution in [0.3, 0.4) is 0 Å². The monoisotopic (exact) mass is 412 g/mol. The second kappa shape index (κ2) is 10.3. The summed E-state index contributed by atoms with van der Waals surface area (Å²) in [5, 5.41) is 2.90. The van der Waals surface area contributed by atoms with Crippen molar-refractivity contribution < 1.29 is 9.59 Å². The highest BCUT2D eigenvalue weighted by Gasteiger charge is 2.24. The standard InChI is InChI=1S/C22H28N4O2S/c1-24(16-18-8-10-20(29-2)11-9-18)17-21(27)25-12-14-26(15-13-25)22(28)23-19-6-4-3-5-7-19/h3-11H,12-17H2,1-2H3,(H,23,28). The number of hydrogen-bond donors (Lipinski definition) is 1. The fourth-order valence-corrected chi connectivity index (χ4v) is 3.72. The maximum atomic E-state index is 12.6. The van der Waals surface area contributed by atoms with Crippen LogP contribution < -0.4 is 5.32 Å². The highest BCUT2D eigenvalue weighted by molar-refractivity contribution is 7.98. The minimum absolute atomic E-state index is 0.108. The van der Waals surface area contributed by atoms with Crippen LogP contribution in [0, 0.1) is 0 Å². The summed E-state index contributed by atoms with van der Waals surface area (Å²) in [7, 11) is 1.96. The van der Waals surface area contributed by atoms with Gasteiger partial charge in [0.25, 0.3) is 0 Å². The molecule has 0 bridgehead atoms. The molecule has 2 aromatic carbocycles. The normalized spacial score (nSPS) is 14.2. The molecular weight excluding hydrogens is 384 g/mol. The molecule has 0 radical (unpaired) electrons. The Morgan fingerprint density at radius 3 is 2.21 bits per heavy atom. The topological polar surface area (TPSA) is 55.9 Å². The largest absolute Gasteiger partial charge is 0.338 e. The van der Waals surface area contributed by atoms with Crippen LogP contribution in [-0.2, 0) is 11.3 Å². The zero-order valence-corrected chi connectivity index (χ0v) is 17.8. The first-order valence-electron chi connectivity index (χ1n) is 9.75. The minimum Gasteiger partial charge on any atom is -0.338 e. The summed E-state index contributed by atoms with van der Waals surface area (Å²) in [6, 6.07) is 17.7. The lowest BCUT2D eigenvalue weighted by Gasteiger charge is -2.35. The molecular formula is C22H28N4O2S. The number of amides is 3. The van der Waals surface area contributed by atoms with Gasteiger partial charge in [0.1, 0.15) is 0 Å². The van der Waals surface area contributed by atoms with Gasteiger partial charge in [0, 0.05) is 43.3 Å². The fourth-order valence-electron chi connectivity index (χ4n) is 3.31. The number of anilines is 1. The molecule has 1 heterocycles. The van der Waals surface area contributed by atoms with E-state index in [9.17, 15) is 9.59 Å². The van der Waals surface area contributed by atoms with Gasteiger partial charge < -0.3 is 15.1 Å². The van der Waals surface area contributed by atoms with Gasteiger partial charge in [-0.1, -0.05) is 30.3 Å². The van der Waals surface area contributed by atoms with Crippen molar-refractivity contribution in [3.63, 3.8) is 0 Å². The number of nitrogens with one attached hydrogen (secondary N) is 1. The maximum Gasteiger partial charge on any atom is 0.321 e. The average Bonchev–Trinajstić information content (AvgIpc) is 2.75. The van der Waals surface area contributed by atoms with Gasteiger partial charge in [-0.3, -0.25) is 9.69 Å². The third-order valence-corrected chi connectivity index (χ3v) is 5.70. The van der Waals surface area contributed by atoms with Crippen LogP contribution in [0.1, 0.15) is 5.56 Å². The number of piperazine rings is 1. The molecule has 1 N–H and O–H groups in total. The SMILES string of the molecule is CSc1ccc(CN(C)CC(=O)N2CCN(C(=O)Nc3ccccc3)CC2)cc1. The van der Waals surface area contributed by atoms with Crippen molar-refractivity contribution in [2.45, 2.75) is 11.4 Å². The number of likely N-dealkylation sites (N-methyl/N-ethyl adjacent to an activating group) is 1. The third kappa shape index (κ3) is 6.24. The highest BCUT2D eigenvalue weighted by atomic mass is 32.2. The fraction of sp³-hybridized carbons (Fsp3) is 0.364. The smallest absolute Gasteiger partial charge is 0.321 e. The zero-order valence-electron chi connectivity index (χ0n) is 17.0. The van der Waals surface area contributed by atoms with E-state index in [1.54, 1.807) is 16.7 Å². The van der Waals surface area contributed by atoms with Crippen LogP contribution >= 0.6 is 11.8 Å². The molecule has 1 aliphatic heterocycles. The van der Waals surface area contributed by atoms with E-state index in [1.165, 1.54) is 10.5 Å². The molecule has 154 valence electrons. The van der Waals surface area contributed by atoms with E-state index in [0.29, 0.717) is 32.7 Å². The van der Waals surface area contributed by atoms with E-state index in [4.69, 9.17) is 0 Å². The van der Waals surface area contributed by atoms with Gasteiger partial charge in [-0.25, -0.2) is 4.79 Å². The number of rotatable bonds is 6. The summed E-state index contributed by atoms with van der Waals surface area (Å²) in [5.74, 6) is 0.108. The molecule has 2 aromatic rings. The van der Waals surface area contributed by atoms with Crippen molar-refractivity contribution in [2.75, 3.05) is 51.3 Å². The molecule has 6 nitrogen and oxygen atoms in total. The van der Waals surface area contributed by atoms with E-state index in [1.807, 2.05) is 47.2 Å². The quantitative estimate of drug-likeness (QED) is 0.741. The zero-order chi connectivity index (χ0) is 20.6. The summed E-state index contributed by atoms with van der Waals surface area (Å²) in [5.41, 5.74) is 1.98. The number of carbonyl (C=O) groups excluding carboxylic acids is 2. The highest BCUT2D eigenvalue weighted by Crippen LogP contribution is 2.16. The molecule has 0 aliphatic carbocycles. The third-order valence-electron chi connectivity index (χ3n) is 4.96. The molecule has 3 rings (SSSR count). The number of thioether (sulfide) groups is 1. The van der Waals surface area contributed by atoms with Gasteiger partial charge in [-0.2, -0.15) is 0 Å². The summed E-state index contributed by atoms with van der Waals surface area (Å²) < 4.78 is 0. The molecule has 0 atom stereocenters. The van der Waals surface area contributed by atoms with E-state index >= 15 is 0 Å². The number of carbonyl (C=O) groups is 2. The lowest BCUT2D eigenvalue weighted by Crippen LogP contribution is -2.53. The Labute approximate surface area is 176 Å². The van der Waals surface area contributed by atoms with Crippen molar-refractivity contribution in [3.8, 4) is 0 Å². The van der Waals surface area contributed by atoms with Crippen LogP contribution in [0.25, 0.3) is 0 Å². The minimum atomic E-state index is -0.117. The van der Waals surface area contributed by atoms with Crippen LogP contribution in [0.5, 0.6) is 0 Å². The first-order chi connectivity index (χ1) is 14.0. The Kier molecular flexibility index (Phi) is 7.55.